The number of ether oxygens (including phenoxy) is 2. The van der Waals surface area contributed by atoms with Crippen LogP contribution in [0.4, 0.5) is 35.0 Å². The highest BCUT2D eigenvalue weighted by Crippen LogP contribution is 2.19. The van der Waals surface area contributed by atoms with Crippen molar-refractivity contribution in [3.05, 3.63) is 84.4 Å². The number of carbonyl (C=O) groups is 2. The monoisotopic (exact) mass is 624 g/mol. The van der Waals surface area contributed by atoms with Crippen LogP contribution in [0, 0.1) is 0 Å². The molecule has 43 heavy (non-hydrogen) atoms. The molecule has 0 saturated heterocycles. The Balaban J connectivity index is 1.52. The zero-order valence-electron chi connectivity index (χ0n) is 22.9. The lowest BCUT2D eigenvalue weighted by Gasteiger charge is -2.23. The van der Waals surface area contributed by atoms with Gasteiger partial charge in [-0.3, -0.25) is 4.72 Å². The molecule has 0 bridgehead atoms. The second kappa shape index (κ2) is 15.2. The van der Waals surface area contributed by atoms with Crippen LogP contribution in [0.3, 0.4) is 0 Å². The summed E-state index contributed by atoms with van der Waals surface area (Å²) >= 11 is 0. The zero-order valence-corrected chi connectivity index (χ0v) is 23.7. The Morgan fingerprint density at radius 1 is 0.884 bits per heavy atom. The summed E-state index contributed by atoms with van der Waals surface area (Å²) in [6.45, 7) is -0.924. The number of amides is 2. The van der Waals surface area contributed by atoms with Crippen molar-refractivity contribution in [2.24, 2.45) is 0 Å². The van der Waals surface area contributed by atoms with Crippen molar-refractivity contribution >= 4 is 39.1 Å². The molecule has 3 aromatic rings. The van der Waals surface area contributed by atoms with Crippen molar-refractivity contribution in [1.29, 1.82) is 0 Å². The first-order chi connectivity index (χ1) is 20.3. The Kier molecular flexibility index (Phi) is 11.7. The number of sulfonamides is 1. The average Bonchev–Trinajstić information content (AvgIpc) is 2.94. The van der Waals surface area contributed by atoms with Gasteiger partial charge in [-0.15, -0.1) is 0 Å². The minimum atomic E-state index is -5.17. The van der Waals surface area contributed by atoms with E-state index in [1.165, 1.54) is 24.3 Å². The Hall–Kier alpha value is -4.34. The molecule has 0 unspecified atom stereocenters. The van der Waals surface area contributed by atoms with Crippen LogP contribution >= 0.6 is 0 Å². The van der Waals surface area contributed by atoms with Gasteiger partial charge in [-0.1, -0.05) is 30.3 Å². The standard InChI is InChI=1S/C28H31F3N4O7S/c1-43(39,40)35-22-13-11-21(12-14-22)34-27(38)33-20-9-7-19(8-10-20)15-23(17-36)32-16-25(42-26(37)28(29,30)31)18-41-24-5-3-2-4-6-24/h2-14,23,25,32,35-36H,15-18H2,1H3,(H2,33,34,38)/t23-,25-/m0/s1. The van der Waals surface area contributed by atoms with Crippen molar-refractivity contribution < 1.29 is 45.8 Å². The van der Waals surface area contributed by atoms with E-state index in [1.54, 1.807) is 54.6 Å². The second-order valence-electron chi connectivity index (χ2n) is 9.37. The van der Waals surface area contributed by atoms with Gasteiger partial charge in [0.15, 0.2) is 0 Å². The number of anilines is 3. The van der Waals surface area contributed by atoms with Crippen LogP contribution in [0.2, 0.25) is 0 Å². The van der Waals surface area contributed by atoms with Gasteiger partial charge >= 0.3 is 18.2 Å². The fourth-order valence-electron chi connectivity index (χ4n) is 3.70. The number of carbonyl (C=O) groups excluding carboxylic acids is 2. The van der Waals surface area contributed by atoms with E-state index in [-0.39, 0.29) is 26.2 Å². The molecule has 0 radical (unpaired) electrons. The molecule has 0 spiro atoms. The molecule has 0 aliphatic heterocycles. The summed E-state index contributed by atoms with van der Waals surface area (Å²) in [5.41, 5.74) is 1.98. The number of benzene rings is 3. The van der Waals surface area contributed by atoms with Crippen molar-refractivity contribution in [2.75, 3.05) is 41.4 Å². The van der Waals surface area contributed by atoms with E-state index in [0.29, 0.717) is 22.8 Å². The number of hydrogen-bond acceptors (Lipinski definition) is 8. The molecule has 3 aromatic carbocycles. The molecule has 11 nitrogen and oxygen atoms in total. The third-order valence-corrected chi connectivity index (χ3v) is 6.29. The largest absolute Gasteiger partial charge is 0.490 e. The first-order valence-corrected chi connectivity index (χ1v) is 14.7. The zero-order chi connectivity index (χ0) is 31.5. The number of aliphatic hydroxyl groups excluding tert-OH is 1. The van der Waals surface area contributed by atoms with E-state index < -0.39 is 40.3 Å². The van der Waals surface area contributed by atoms with E-state index in [2.05, 4.69) is 25.4 Å². The number of aliphatic hydroxyl groups is 1. The summed E-state index contributed by atoms with van der Waals surface area (Å²) in [5, 5.41) is 18.0. The quantitative estimate of drug-likeness (QED) is 0.170. The van der Waals surface area contributed by atoms with E-state index in [1.807, 2.05) is 0 Å². The highest BCUT2D eigenvalue weighted by molar-refractivity contribution is 7.92. The number of rotatable bonds is 14. The van der Waals surface area contributed by atoms with Crippen LogP contribution in [0.5, 0.6) is 5.75 Å². The van der Waals surface area contributed by atoms with Crippen molar-refractivity contribution in [1.82, 2.24) is 5.32 Å². The molecular formula is C28H31F3N4O7S. The molecule has 2 amide bonds. The molecule has 5 N–H and O–H groups in total. The van der Waals surface area contributed by atoms with E-state index in [0.717, 1.165) is 11.8 Å². The molecule has 15 heteroatoms. The van der Waals surface area contributed by atoms with Gasteiger partial charge in [-0.25, -0.2) is 18.0 Å². The van der Waals surface area contributed by atoms with Crippen LogP contribution in [0.25, 0.3) is 0 Å². The SMILES string of the molecule is CS(=O)(=O)Nc1ccc(NC(=O)Nc2ccc(C[C@@H](CO)NC[C@@H](COc3ccccc3)OC(=O)C(F)(F)F)cc2)cc1. The van der Waals surface area contributed by atoms with Crippen LogP contribution in [0.1, 0.15) is 5.56 Å². The van der Waals surface area contributed by atoms with Crippen LogP contribution in [-0.2, 0) is 26.0 Å². The first kappa shape index (κ1) is 33.2. The molecule has 0 saturated carbocycles. The fourth-order valence-corrected chi connectivity index (χ4v) is 4.26. The van der Waals surface area contributed by atoms with Crippen molar-refractivity contribution in [2.45, 2.75) is 24.7 Å². The number of para-hydroxylation sites is 1. The maximum Gasteiger partial charge on any atom is 0.490 e. The first-order valence-electron chi connectivity index (χ1n) is 12.9. The molecule has 232 valence electrons. The number of hydrogen-bond donors (Lipinski definition) is 5. The predicted molar refractivity (Wildman–Crippen MR) is 154 cm³/mol. The second-order valence-corrected chi connectivity index (χ2v) is 11.1. The minimum Gasteiger partial charge on any atom is -0.490 e. The summed E-state index contributed by atoms with van der Waals surface area (Å²) in [5.74, 6) is -1.96. The number of alkyl halides is 3. The van der Waals surface area contributed by atoms with Gasteiger partial charge in [0.05, 0.1) is 12.9 Å². The molecular weight excluding hydrogens is 593 g/mol. The smallest absolute Gasteiger partial charge is 0.490 e. The fraction of sp³-hybridized carbons (Fsp3) is 0.286. The van der Waals surface area contributed by atoms with Crippen LogP contribution in [0.15, 0.2) is 78.9 Å². The van der Waals surface area contributed by atoms with E-state index in [4.69, 9.17) is 4.74 Å². The number of esters is 1. The summed E-state index contributed by atoms with van der Waals surface area (Å²) in [6, 6.07) is 19.9. The highest BCUT2D eigenvalue weighted by atomic mass is 32.2. The predicted octanol–water partition coefficient (Wildman–Crippen LogP) is 3.75. The lowest BCUT2D eigenvalue weighted by molar-refractivity contribution is -0.205. The average molecular weight is 625 g/mol. The van der Waals surface area contributed by atoms with Crippen LogP contribution < -0.4 is 25.4 Å². The molecule has 3 rings (SSSR count). The molecule has 0 aliphatic rings. The third kappa shape index (κ3) is 12.2. The summed E-state index contributed by atoms with van der Waals surface area (Å²) < 4.78 is 73.3. The third-order valence-electron chi connectivity index (χ3n) is 5.68. The summed E-state index contributed by atoms with van der Waals surface area (Å²) in [6.07, 6.45) is -5.16. The maximum atomic E-state index is 12.8. The molecule has 0 heterocycles. The molecule has 0 fully saturated rings. The normalized spacial score (nSPS) is 13.0. The number of urea groups is 1. The van der Waals surface area contributed by atoms with Gasteiger partial charge in [0.25, 0.3) is 0 Å². The van der Waals surface area contributed by atoms with Gasteiger partial charge in [0.2, 0.25) is 10.0 Å². The molecule has 0 aromatic heterocycles. The molecule has 0 aliphatic carbocycles. The van der Waals surface area contributed by atoms with Crippen LogP contribution in [-0.4, -0.2) is 69.9 Å². The van der Waals surface area contributed by atoms with Gasteiger partial charge in [0.1, 0.15) is 18.5 Å². The maximum absolute atomic E-state index is 12.8. The lowest BCUT2D eigenvalue weighted by Crippen LogP contribution is -2.44. The summed E-state index contributed by atoms with van der Waals surface area (Å²) in [4.78, 5) is 23.8. The van der Waals surface area contributed by atoms with E-state index >= 15 is 0 Å². The Morgan fingerprint density at radius 2 is 1.44 bits per heavy atom. The Morgan fingerprint density at radius 3 is 1.98 bits per heavy atom. The van der Waals surface area contributed by atoms with Gasteiger partial charge < -0.3 is 30.5 Å². The number of halogens is 3. The highest BCUT2D eigenvalue weighted by Gasteiger charge is 2.42. The molecule has 2 atom stereocenters. The summed E-state index contributed by atoms with van der Waals surface area (Å²) in [7, 11) is -3.42. The van der Waals surface area contributed by atoms with Gasteiger partial charge in [-0.2, -0.15) is 13.2 Å². The van der Waals surface area contributed by atoms with Crippen molar-refractivity contribution in [3.8, 4) is 5.75 Å². The van der Waals surface area contributed by atoms with E-state index in [9.17, 15) is 36.3 Å². The van der Waals surface area contributed by atoms with Gasteiger partial charge in [0, 0.05) is 29.6 Å². The topological polar surface area (TPSA) is 155 Å². The lowest BCUT2D eigenvalue weighted by atomic mass is 10.1. The van der Waals surface area contributed by atoms with Crippen molar-refractivity contribution in [3.63, 3.8) is 0 Å². The van der Waals surface area contributed by atoms with Gasteiger partial charge in [-0.05, 0) is 60.5 Å². The minimum absolute atomic E-state index is 0.217. The number of nitrogens with one attached hydrogen (secondary N) is 4. The Bertz CT molecular complexity index is 1440. The Labute approximate surface area is 246 Å².